The van der Waals surface area contributed by atoms with Crippen molar-refractivity contribution in [2.75, 3.05) is 0 Å². The first-order valence-corrected chi connectivity index (χ1v) is 8.96. The van der Waals surface area contributed by atoms with Crippen LogP contribution in [0, 0.1) is 0 Å². The van der Waals surface area contributed by atoms with Crippen molar-refractivity contribution >= 4 is 10.0 Å². The highest BCUT2D eigenvalue weighted by Gasteiger charge is 2.23. The molecule has 0 saturated heterocycles. The molecule has 0 bridgehead atoms. The molecule has 0 aliphatic carbocycles. The van der Waals surface area contributed by atoms with Crippen molar-refractivity contribution in [1.29, 1.82) is 0 Å². The molecule has 0 unspecified atom stereocenters. The summed E-state index contributed by atoms with van der Waals surface area (Å²) >= 11 is 0. The molecular formula is C16H24N4O2S. The second kappa shape index (κ2) is 6.82. The van der Waals surface area contributed by atoms with Gasteiger partial charge in [-0.15, -0.1) is 0 Å². The quantitative estimate of drug-likeness (QED) is 0.843. The van der Waals surface area contributed by atoms with Crippen LogP contribution in [0.1, 0.15) is 31.9 Å². The van der Waals surface area contributed by atoms with Crippen LogP contribution in [0.5, 0.6) is 0 Å². The van der Waals surface area contributed by atoms with E-state index >= 15 is 0 Å². The molecule has 1 aromatic carbocycles. The van der Waals surface area contributed by atoms with Crippen molar-refractivity contribution in [3.05, 3.63) is 47.8 Å². The van der Waals surface area contributed by atoms with Crippen molar-refractivity contribution in [2.45, 2.75) is 44.3 Å². The average Bonchev–Trinajstić information content (AvgIpc) is 2.82. The molecule has 1 aromatic heterocycles. The molecule has 0 spiro atoms. The van der Waals surface area contributed by atoms with Gasteiger partial charge in [0.15, 0.2) is 0 Å². The molecule has 2 aromatic rings. The predicted octanol–water partition coefficient (Wildman–Crippen LogP) is 1.79. The highest BCUT2D eigenvalue weighted by Crippen LogP contribution is 2.17. The summed E-state index contributed by atoms with van der Waals surface area (Å²) in [6, 6.07) is 7.04. The van der Waals surface area contributed by atoms with Gasteiger partial charge < -0.3 is 5.32 Å². The second-order valence-corrected chi connectivity index (χ2v) is 8.24. The first-order valence-electron chi connectivity index (χ1n) is 7.47. The third-order valence-electron chi connectivity index (χ3n) is 3.11. The van der Waals surface area contributed by atoms with Gasteiger partial charge in [0.1, 0.15) is 0 Å². The van der Waals surface area contributed by atoms with Crippen LogP contribution in [-0.2, 0) is 30.2 Å². The van der Waals surface area contributed by atoms with Crippen molar-refractivity contribution in [3.8, 4) is 0 Å². The lowest BCUT2D eigenvalue weighted by molar-refractivity contribution is 0.490. The van der Waals surface area contributed by atoms with Crippen LogP contribution < -0.4 is 10.0 Å². The van der Waals surface area contributed by atoms with E-state index in [1.54, 1.807) is 23.0 Å². The fourth-order valence-corrected chi connectivity index (χ4v) is 3.93. The monoisotopic (exact) mass is 336 g/mol. The normalized spacial score (nSPS) is 12.5. The van der Waals surface area contributed by atoms with E-state index in [9.17, 15) is 8.42 Å². The van der Waals surface area contributed by atoms with Crippen LogP contribution in [0.2, 0.25) is 0 Å². The van der Waals surface area contributed by atoms with E-state index in [-0.39, 0.29) is 0 Å². The van der Waals surface area contributed by atoms with Crippen molar-refractivity contribution in [3.63, 3.8) is 0 Å². The molecule has 126 valence electrons. The Morgan fingerprint density at radius 3 is 2.48 bits per heavy atom. The summed E-state index contributed by atoms with van der Waals surface area (Å²) in [5.74, 6) is 0. The zero-order chi connectivity index (χ0) is 17.1. The Morgan fingerprint density at radius 2 is 1.87 bits per heavy atom. The Balaban J connectivity index is 2.11. The van der Waals surface area contributed by atoms with Crippen LogP contribution in [0.3, 0.4) is 0 Å². The molecular weight excluding hydrogens is 312 g/mol. The first kappa shape index (κ1) is 17.7. The van der Waals surface area contributed by atoms with Crippen LogP contribution in [0.25, 0.3) is 0 Å². The van der Waals surface area contributed by atoms with Crippen LogP contribution >= 0.6 is 0 Å². The molecule has 0 radical (unpaired) electrons. The van der Waals surface area contributed by atoms with Crippen LogP contribution in [-0.4, -0.2) is 23.7 Å². The molecule has 7 heteroatoms. The first-order chi connectivity index (χ1) is 10.7. The smallest absolute Gasteiger partial charge is 0.241 e. The molecule has 0 atom stereocenters. The largest absolute Gasteiger partial charge is 0.308 e. The van der Waals surface area contributed by atoms with Crippen LogP contribution in [0.15, 0.2) is 41.6 Å². The predicted molar refractivity (Wildman–Crippen MR) is 90.3 cm³/mol. The number of nitrogens with zero attached hydrogens (tertiary/aromatic N) is 2. The van der Waals surface area contributed by atoms with E-state index in [4.69, 9.17) is 0 Å². The lowest BCUT2D eigenvalue weighted by Gasteiger charge is -2.21. The number of benzene rings is 1. The summed E-state index contributed by atoms with van der Waals surface area (Å²) in [7, 11) is -1.68. The standard InChI is InChI=1S/C16H24N4O2S/c1-16(2,3)19-23(21,22)15-8-6-5-7-14(15)11-17-9-13-10-18-20(4)12-13/h5-8,10,12,17,19H,9,11H2,1-4H3. The Hall–Kier alpha value is -1.70. The molecule has 0 fully saturated rings. The zero-order valence-corrected chi connectivity index (χ0v) is 14.8. The summed E-state index contributed by atoms with van der Waals surface area (Å²) in [6.07, 6.45) is 3.72. The number of nitrogens with one attached hydrogen (secondary N) is 2. The number of aromatic nitrogens is 2. The second-order valence-electron chi connectivity index (χ2n) is 6.59. The summed E-state index contributed by atoms with van der Waals surface area (Å²) in [6.45, 7) is 6.58. The van der Waals surface area contributed by atoms with Gasteiger partial charge in [0.25, 0.3) is 0 Å². The van der Waals surface area contributed by atoms with Crippen molar-refractivity contribution < 1.29 is 8.42 Å². The Labute approximate surface area is 138 Å². The average molecular weight is 336 g/mol. The van der Waals surface area contributed by atoms with Gasteiger partial charge in [-0.05, 0) is 32.4 Å². The minimum absolute atomic E-state index is 0.314. The third kappa shape index (κ3) is 5.16. The maximum atomic E-state index is 12.6. The van der Waals surface area contributed by atoms with Gasteiger partial charge in [-0.1, -0.05) is 18.2 Å². The number of sulfonamides is 1. The maximum absolute atomic E-state index is 12.6. The highest BCUT2D eigenvalue weighted by atomic mass is 32.2. The van der Waals surface area contributed by atoms with Gasteiger partial charge in [0, 0.05) is 37.4 Å². The molecule has 2 N–H and O–H groups in total. The van der Waals surface area contributed by atoms with Crippen molar-refractivity contribution in [2.24, 2.45) is 7.05 Å². The van der Waals surface area contributed by atoms with E-state index in [0.717, 1.165) is 11.1 Å². The van der Waals surface area contributed by atoms with E-state index < -0.39 is 15.6 Å². The Bertz CT molecular complexity index is 760. The van der Waals surface area contributed by atoms with Gasteiger partial charge >= 0.3 is 0 Å². The summed E-state index contributed by atoms with van der Waals surface area (Å²) in [5, 5.41) is 7.37. The summed E-state index contributed by atoms with van der Waals surface area (Å²) in [5.41, 5.74) is 1.28. The number of aryl methyl sites for hydroxylation is 1. The van der Waals surface area contributed by atoms with Gasteiger partial charge in [-0.3, -0.25) is 4.68 Å². The highest BCUT2D eigenvalue weighted by molar-refractivity contribution is 7.89. The fourth-order valence-electron chi connectivity index (χ4n) is 2.27. The third-order valence-corrected chi connectivity index (χ3v) is 4.96. The molecule has 0 aliphatic heterocycles. The molecule has 1 heterocycles. The molecule has 0 saturated carbocycles. The number of hydrogen-bond acceptors (Lipinski definition) is 4. The molecule has 6 nitrogen and oxygen atoms in total. The SMILES string of the molecule is Cn1cc(CNCc2ccccc2S(=O)(=O)NC(C)(C)C)cn1. The fraction of sp³-hybridized carbons (Fsp3) is 0.438. The van der Waals surface area contributed by atoms with E-state index in [1.807, 2.05) is 46.1 Å². The van der Waals surface area contributed by atoms with Gasteiger partial charge in [0.05, 0.1) is 11.1 Å². The summed E-state index contributed by atoms with van der Waals surface area (Å²) in [4.78, 5) is 0.314. The number of rotatable bonds is 6. The molecule has 0 aliphatic rings. The van der Waals surface area contributed by atoms with Gasteiger partial charge in [0.2, 0.25) is 10.0 Å². The van der Waals surface area contributed by atoms with E-state index in [0.29, 0.717) is 18.0 Å². The van der Waals surface area contributed by atoms with Gasteiger partial charge in [-0.25, -0.2) is 13.1 Å². The van der Waals surface area contributed by atoms with Gasteiger partial charge in [-0.2, -0.15) is 5.10 Å². The van der Waals surface area contributed by atoms with E-state index in [2.05, 4.69) is 15.1 Å². The van der Waals surface area contributed by atoms with Crippen molar-refractivity contribution in [1.82, 2.24) is 19.8 Å². The molecule has 2 rings (SSSR count). The minimum Gasteiger partial charge on any atom is -0.308 e. The maximum Gasteiger partial charge on any atom is 0.241 e. The molecule has 23 heavy (non-hydrogen) atoms. The lowest BCUT2D eigenvalue weighted by atomic mass is 10.1. The van der Waals surface area contributed by atoms with Crippen LogP contribution in [0.4, 0.5) is 0 Å². The summed E-state index contributed by atoms with van der Waals surface area (Å²) < 4.78 is 29.5. The lowest BCUT2D eigenvalue weighted by Crippen LogP contribution is -2.40. The Morgan fingerprint density at radius 1 is 1.17 bits per heavy atom. The Kier molecular flexibility index (Phi) is 5.23. The zero-order valence-electron chi connectivity index (χ0n) is 14.0. The topological polar surface area (TPSA) is 76.0 Å². The minimum atomic E-state index is -3.55. The molecule has 0 amide bonds. The van der Waals surface area contributed by atoms with E-state index in [1.165, 1.54) is 0 Å². The number of hydrogen-bond donors (Lipinski definition) is 2.